The molecule has 0 bridgehead atoms. The van der Waals surface area contributed by atoms with Crippen LogP contribution in [0, 0.1) is 17.8 Å². The summed E-state index contributed by atoms with van der Waals surface area (Å²) in [7, 11) is 0. The number of carboxylic acids is 1. The van der Waals surface area contributed by atoms with Crippen LogP contribution < -0.4 is 0 Å². The second kappa shape index (κ2) is 5.06. The SMILES string of the molecule is C[C@@H]1[C@@H](C(=O)N2CCCC(CCC(=O)O)C2)C1(F)F. The van der Waals surface area contributed by atoms with Gasteiger partial charge < -0.3 is 10.0 Å². The minimum atomic E-state index is -2.86. The minimum absolute atomic E-state index is 0.0721. The van der Waals surface area contributed by atoms with Crippen LogP contribution in [0.15, 0.2) is 0 Å². The molecule has 1 saturated heterocycles. The van der Waals surface area contributed by atoms with Gasteiger partial charge in [-0.2, -0.15) is 0 Å². The number of nitrogens with zero attached hydrogens (tertiary/aromatic N) is 1. The smallest absolute Gasteiger partial charge is 0.303 e. The standard InChI is InChI=1S/C13H19F2NO3/c1-8-11(13(8,14)15)12(19)16-6-2-3-9(7-16)4-5-10(17)18/h8-9,11H,2-7H2,1H3,(H,17,18)/t8-,9?,11+/m1/s1. The minimum Gasteiger partial charge on any atom is -0.481 e. The third-order valence-electron chi connectivity index (χ3n) is 4.28. The van der Waals surface area contributed by atoms with E-state index in [9.17, 15) is 18.4 Å². The zero-order valence-corrected chi connectivity index (χ0v) is 10.9. The number of amides is 1. The van der Waals surface area contributed by atoms with Crippen LogP contribution in [-0.4, -0.2) is 40.9 Å². The molecule has 0 aromatic heterocycles. The fraction of sp³-hybridized carbons (Fsp3) is 0.846. The Bertz CT molecular complexity index is 386. The molecule has 0 radical (unpaired) electrons. The van der Waals surface area contributed by atoms with Gasteiger partial charge in [0.15, 0.2) is 0 Å². The number of likely N-dealkylation sites (tertiary alicyclic amines) is 1. The van der Waals surface area contributed by atoms with Crippen LogP contribution in [0.4, 0.5) is 8.78 Å². The topological polar surface area (TPSA) is 57.6 Å². The molecule has 1 N–H and O–H groups in total. The van der Waals surface area contributed by atoms with Crippen molar-refractivity contribution in [1.82, 2.24) is 4.90 Å². The molecule has 0 aromatic carbocycles. The molecule has 1 aliphatic heterocycles. The van der Waals surface area contributed by atoms with Gasteiger partial charge in [-0.3, -0.25) is 9.59 Å². The van der Waals surface area contributed by atoms with E-state index in [1.165, 1.54) is 11.8 Å². The second-order valence-corrected chi connectivity index (χ2v) is 5.67. The van der Waals surface area contributed by atoms with Crippen LogP contribution in [0.2, 0.25) is 0 Å². The Morgan fingerprint density at radius 1 is 1.42 bits per heavy atom. The van der Waals surface area contributed by atoms with Gasteiger partial charge in [-0.05, 0) is 25.2 Å². The first-order chi connectivity index (χ1) is 8.84. The summed E-state index contributed by atoms with van der Waals surface area (Å²) in [5.41, 5.74) is 0. The zero-order chi connectivity index (χ0) is 14.2. The van der Waals surface area contributed by atoms with Crippen molar-refractivity contribution in [1.29, 1.82) is 0 Å². The van der Waals surface area contributed by atoms with E-state index in [1.54, 1.807) is 0 Å². The summed E-state index contributed by atoms with van der Waals surface area (Å²) < 4.78 is 26.4. The number of halogens is 2. The molecule has 0 aromatic rings. The van der Waals surface area contributed by atoms with Crippen LogP contribution >= 0.6 is 0 Å². The number of hydrogen-bond donors (Lipinski definition) is 1. The molecule has 0 spiro atoms. The molecular weight excluding hydrogens is 256 g/mol. The Morgan fingerprint density at radius 2 is 2.05 bits per heavy atom. The van der Waals surface area contributed by atoms with Gasteiger partial charge >= 0.3 is 5.97 Å². The molecule has 19 heavy (non-hydrogen) atoms. The molecule has 3 atom stereocenters. The van der Waals surface area contributed by atoms with Crippen molar-refractivity contribution in [2.75, 3.05) is 13.1 Å². The molecule has 1 aliphatic carbocycles. The van der Waals surface area contributed by atoms with E-state index in [0.29, 0.717) is 19.5 Å². The van der Waals surface area contributed by atoms with Gasteiger partial charge in [-0.15, -0.1) is 0 Å². The van der Waals surface area contributed by atoms with Gasteiger partial charge in [0.05, 0.1) is 0 Å². The molecular formula is C13H19F2NO3. The number of piperidine rings is 1. The fourth-order valence-electron chi connectivity index (χ4n) is 2.88. The summed E-state index contributed by atoms with van der Waals surface area (Å²) in [5, 5.41) is 8.64. The van der Waals surface area contributed by atoms with E-state index in [0.717, 1.165) is 12.8 Å². The molecule has 1 unspecified atom stereocenters. The van der Waals surface area contributed by atoms with Gasteiger partial charge in [-0.25, -0.2) is 8.78 Å². The molecule has 6 heteroatoms. The number of aliphatic carboxylic acids is 1. The maximum atomic E-state index is 13.2. The average molecular weight is 275 g/mol. The van der Waals surface area contributed by atoms with Gasteiger partial charge in [0.1, 0.15) is 5.92 Å². The summed E-state index contributed by atoms with van der Waals surface area (Å²) in [6.45, 7) is 2.33. The Hall–Kier alpha value is -1.20. The Labute approximate surface area is 110 Å². The van der Waals surface area contributed by atoms with Crippen LogP contribution in [0.25, 0.3) is 0 Å². The number of alkyl halides is 2. The van der Waals surface area contributed by atoms with Crippen molar-refractivity contribution in [3.8, 4) is 0 Å². The predicted molar refractivity (Wildman–Crippen MR) is 63.8 cm³/mol. The van der Waals surface area contributed by atoms with Gasteiger partial charge in [-0.1, -0.05) is 6.92 Å². The van der Waals surface area contributed by atoms with Gasteiger partial charge in [0.2, 0.25) is 5.91 Å². The monoisotopic (exact) mass is 275 g/mol. The summed E-state index contributed by atoms with van der Waals surface area (Å²) in [4.78, 5) is 24.0. The van der Waals surface area contributed by atoms with E-state index in [-0.39, 0.29) is 12.3 Å². The number of rotatable bonds is 4. The summed E-state index contributed by atoms with van der Waals surface area (Å²) in [5.74, 6) is -6.07. The van der Waals surface area contributed by atoms with Crippen molar-refractivity contribution in [3.05, 3.63) is 0 Å². The Kier molecular flexibility index (Phi) is 3.78. The first kappa shape index (κ1) is 14.2. The number of carboxylic acid groups (broad SMARTS) is 1. The number of hydrogen-bond acceptors (Lipinski definition) is 2. The van der Waals surface area contributed by atoms with E-state index >= 15 is 0 Å². The lowest BCUT2D eigenvalue weighted by atomic mass is 9.93. The highest BCUT2D eigenvalue weighted by Gasteiger charge is 2.69. The van der Waals surface area contributed by atoms with Crippen molar-refractivity contribution in [2.45, 2.75) is 38.5 Å². The highest BCUT2D eigenvalue weighted by molar-refractivity contribution is 5.83. The van der Waals surface area contributed by atoms with Crippen molar-refractivity contribution < 1.29 is 23.5 Å². The Morgan fingerprint density at radius 3 is 2.58 bits per heavy atom. The maximum Gasteiger partial charge on any atom is 0.303 e. The van der Waals surface area contributed by atoms with Crippen LogP contribution in [0.5, 0.6) is 0 Å². The molecule has 2 fully saturated rings. The molecule has 1 amide bonds. The largest absolute Gasteiger partial charge is 0.481 e. The van der Waals surface area contributed by atoms with Crippen molar-refractivity contribution >= 4 is 11.9 Å². The first-order valence-corrected chi connectivity index (χ1v) is 6.72. The number of carbonyl (C=O) groups excluding carboxylic acids is 1. The van der Waals surface area contributed by atoms with E-state index in [1.807, 2.05) is 0 Å². The van der Waals surface area contributed by atoms with E-state index in [2.05, 4.69) is 0 Å². The summed E-state index contributed by atoms with van der Waals surface area (Å²) >= 11 is 0. The molecule has 2 rings (SSSR count). The third-order valence-corrected chi connectivity index (χ3v) is 4.28. The lowest BCUT2D eigenvalue weighted by Gasteiger charge is -2.32. The van der Waals surface area contributed by atoms with Gasteiger partial charge in [0, 0.05) is 25.4 Å². The first-order valence-electron chi connectivity index (χ1n) is 6.72. The summed E-state index contributed by atoms with van der Waals surface area (Å²) in [6.07, 6.45) is 2.22. The van der Waals surface area contributed by atoms with Crippen LogP contribution in [0.3, 0.4) is 0 Å². The van der Waals surface area contributed by atoms with E-state index in [4.69, 9.17) is 5.11 Å². The average Bonchev–Trinajstić information content (AvgIpc) is 2.85. The predicted octanol–water partition coefficient (Wildman–Crippen LogP) is 1.99. The quantitative estimate of drug-likeness (QED) is 0.853. The highest BCUT2D eigenvalue weighted by Crippen LogP contribution is 2.55. The summed E-state index contributed by atoms with van der Waals surface area (Å²) in [6, 6.07) is 0. The van der Waals surface area contributed by atoms with Gasteiger partial charge in [0.25, 0.3) is 5.92 Å². The molecule has 1 heterocycles. The molecule has 4 nitrogen and oxygen atoms in total. The van der Waals surface area contributed by atoms with Crippen LogP contribution in [-0.2, 0) is 9.59 Å². The fourth-order valence-corrected chi connectivity index (χ4v) is 2.88. The van der Waals surface area contributed by atoms with E-state index < -0.39 is 29.6 Å². The number of carbonyl (C=O) groups is 2. The lowest BCUT2D eigenvalue weighted by Crippen LogP contribution is -2.41. The molecule has 1 saturated carbocycles. The highest BCUT2D eigenvalue weighted by atomic mass is 19.3. The normalized spacial score (nSPS) is 33.0. The molecule has 2 aliphatic rings. The lowest BCUT2D eigenvalue weighted by molar-refractivity contribution is -0.137. The zero-order valence-electron chi connectivity index (χ0n) is 10.9. The maximum absolute atomic E-state index is 13.2. The second-order valence-electron chi connectivity index (χ2n) is 5.67. The van der Waals surface area contributed by atoms with Crippen molar-refractivity contribution in [2.24, 2.45) is 17.8 Å². The Balaban J connectivity index is 1.87. The third kappa shape index (κ3) is 2.87. The molecule has 108 valence electrons. The van der Waals surface area contributed by atoms with Crippen LogP contribution in [0.1, 0.15) is 32.6 Å². The van der Waals surface area contributed by atoms with Crippen molar-refractivity contribution in [3.63, 3.8) is 0 Å².